The molecule has 2 N–H and O–H groups in total. The van der Waals surface area contributed by atoms with Crippen LogP contribution in [0.4, 0.5) is 0 Å². The van der Waals surface area contributed by atoms with E-state index in [4.69, 9.17) is 9.47 Å². The van der Waals surface area contributed by atoms with Gasteiger partial charge in [0.1, 0.15) is 13.1 Å². The van der Waals surface area contributed by atoms with E-state index in [1.807, 2.05) is 12.2 Å². The van der Waals surface area contributed by atoms with Gasteiger partial charge in [-0.2, -0.15) is 0 Å². The molecule has 0 aliphatic carbocycles. The van der Waals surface area contributed by atoms with Crippen LogP contribution in [0.15, 0.2) is 73.8 Å². The molecule has 0 atom stereocenters. The number of hydrogen-bond donors (Lipinski definition) is 1. The van der Waals surface area contributed by atoms with Gasteiger partial charge in [0, 0.05) is 24.3 Å². The number of hydrogen-bond acceptors (Lipinski definition) is 2. The van der Waals surface area contributed by atoms with Crippen LogP contribution in [0, 0.1) is 0 Å². The van der Waals surface area contributed by atoms with Crippen molar-refractivity contribution in [2.24, 2.45) is 0 Å². The van der Waals surface area contributed by atoms with Crippen molar-refractivity contribution < 1.29 is 14.8 Å². The van der Waals surface area contributed by atoms with Crippen LogP contribution in [0.1, 0.15) is 60.8 Å². The van der Waals surface area contributed by atoms with Gasteiger partial charge < -0.3 is 14.8 Å². The van der Waals surface area contributed by atoms with Gasteiger partial charge >= 0.3 is 0 Å². The zero-order chi connectivity index (χ0) is 22.0. The quantitative estimate of drug-likeness (QED) is 0.247. The van der Waals surface area contributed by atoms with E-state index in [9.17, 15) is 0 Å². The summed E-state index contributed by atoms with van der Waals surface area (Å²) in [7, 11) is 0. The molecule has 3 nitrogen and oxygen atoms in total. The predicted octanol–water partition coefficient (Wildman–Crippen LogP) is 5.70. The Bertz CT molecular complexity index is 658. The third kappa shape index (κ3) is 11.7. The van der Waals surface area contributed by atoms with E-state index in [1.54, 1.807) is 0 Å². The molecule has 0 aromatic heterocycles. The fourth-order valence-corrected chi connectivity index (χ4v) is 3.31. The molecule has 0 aliphatic heterocycles. The molecule has 2 aromatic rings. The average molecular weight is 423 g/mol. The van der Waals surface area contributed by atoms with Gasteiger partial charge in [0.15, 0.2) is 0 Å². The molecule has 0 fully saturated rings. The van der Waals surface area contributed by atoms with Crippen LogP contribution in [-0.4, -0.2) is 13.2 Å². The highest BCUT2D eigenvalue weighted by Crippen LogP contribution is 2.08. The average Bonchev–Trinajstić information content (AvgIpc) is 2.80. The van der Waals surface area contributed by atoms with E-state index in [0.29, 0.717) is 13.2 Å². The van der Waals surface area contributed by atoms with Crippen molar-refractivity contribution in [3.63, 3.8) is 0 Å². The molecule has 2 aromatic carbocycles. The third-order valence-corrected chi connectivity index (χ3v) is 5.24. The molecule has 0 aliphatic rings. The van der Waals surface area contributed by atoms with Gasteiger partial charge in [-0.1, -0.05) is 60.7 Å². The highest BCUT2D eigenvalue weighted by atomic mass is 16.5. The van der Waals surface area contributed by atoms with Crippen LogP contribution < -0.4 is 5.32 Å². The summed E-state index contributed by atoms with van der Waals surface area (Å²) in [5, 5.41) is 2.34. The van der Waals surface area contributed by atoms with Crippen molar-refractivity contribution in [3.8, 4) is 0 Å². The molecule has 2 rings (SSSR count). The van der Waals surface area contributed by atoms with E-state index in [2.05, 4.69) is 67.0 Å². The normalized spacial score (nSPS) is 10.8. The standard InChI is InChI=1S/C28H39NO2/c1-3-5-7-9-19-30-23-27-15-11-25(12-16-27)21-29-22-26-13-17-28(18-14-26)24-31-20-10-8-6-4-2/h3-4,11-18,29H,1-2,5-10,19-24H2/p+1. The van der Waals surface area contributed by atoms with Crippen molar-refractivity contribution in [1.29, 1.82) is 0 Å². The van der Waals surface area contributed by atoms with Gasteiger partial charge in [-0.05, 0) is 49.7 Å². The first-order valence-electron chi connectivity index (χ1n) is 11.7. The topological polar surface area (TPSA) is 35.1 Å². The molecule has 0 radical (unpaired) electrons. The van der Waals surface area contributed by atoms with Crippen molar-refractivity contribution in [1.82, 2.24) is 0 Å². The Morgan fingerprint density at radius 1 is 0.581 bits per heavy atom. The van der Waals surface area contributed by atoms with Gasteiger partial charge in [0.05, 0.1) is 13.2 Å². The van der Waals surface area contributed by atoms with Gasteiger partial charge in [0.2, 0.25) is 0 Å². The van der Waals surface area contributed by atoms with Crippen molar-refractivity contribution in [2.75, 3.05) is 13.2 Å². The van der Waals surface area contributed by atoms with E-state index >= 15 is 0 Å². The maximum absolute atomic E-state index is 5.75. The van der Waals surface area contributed by atoms with Crippen LogP contribution in [-0.2, 0) is 35.8 Å². The van der Waals surface area contributed by atoms with Gasteiger partial charge in [-0.25, -0.2) is 0 Å². The molecule has 168 valence electrons. The number of benzene rings is 2. The molecular weight excluding hydrogens is 382 g/mol. The maximum atomic E-state index is 5.75. The second kappa shape index (κ2) is 16.5. The number of allylic oxidation sites excluding steroid dienone is 2. The molecule has 0 saturated heterocycles. The molecule has 31 heavy (non-hydrogen) atoms. The molecule has 0 unspecified atom stereocenters. The molecule has 0 amide bonds. The number of rotatable bonds is 18. The summed E-state index contributed by atoms with van der Waals surface area (Å²) < 4.78 is 11.5. The Balaban J connectivity index is 1.58. The molecular formula is C28H40NO2+. The van der Waals surface area contributed by atoms with Crippen molar-refractivity contribution in [2.45, 2.75) is 64.8 Å². The lowest BCUT2D eigenvalue weighted by Gasteiger charge is -2.07. The Morgan fingerprint density at radius 3 is 1.35 bits per heavy atom. The van der Waals surface area contributed by atoms with E-state index in [1.165, 1.54) is 22.3 Å². The summed E-state index contributed by atoms with van der Waals surface area (Å²) in [5.41, 5.74) is 5.17. The molecule has 0 bridgehead atoms. The lowest BCUT2D eigenvalue weighted by molar-refractivity contribution is -0.686. The first kappa shape index (κ1) is 25.1. The summed E-state index contributed by atoms with van der Waals surface area (Å²) in [5.74, 6) is 0. The number of ether oxygens (including phenoxy) is 2. The predicted molar refractivity (Wildman–Crippen MR) is 130 cm³/mol. The van der Waals surface area contributed by atoms with Gasteiger partial charge in [0.25, 0.3) is 0 Å². The first-order valence-corrected chi connectivity index (χ1v) is 11.7. The highest BCUT2D eigenvalue weighted by molar-refractivity contribution is 5.22. The summed E-state index contributed by atoms with van der Waals surface area (Å²) in [4.78, 5) is 0. The Morgan fingerprint density at radius 2 is 0.968 bits per heavy atom. The molecule has 0 heterocycles. The zero-order valence-electron chi connectivity index (χ0n) is 19.1. The Kier molecular flexibility index (Phi) is 13.3. The summed E-state index contributed by atoms with van der Waals surface area (Å²) in [6.07, 6.45) is 10.6. The van der Waals surface area contributed by atoms with Crippen LogP contribution in [0.3, 0.4) is 0 Å². The summed E-state index contributed by atoms with van der Waals surface area (Å²) in [6, 6.07) is 17.6. The maximum Gasteiger partial charge on any atom is 0.101 e. The largest absolute Gasteiger partial charge is 0.377 e. The molecule has 0 spiro atoms. The minimum atomic E-state index is 0.697. The Hall–Kier alpha value is -2.20. The number of nitrogens with two attached hydrogens (primary N) is 1. The van der Waals surface area contributed by atoms with E-state index in [-0.39, 0.29) is 0 Å². The number of quaternary nitrogens is 1. The highest BCUT2D eigenvalue weighted by Gasteiger charge is 2.01. The van der Waals surface area contributed by atoms with Crippen LogP contribution in [0.2, 0.25) is 0 Å². The lowest BCUT2D eigenvalue weighted by Crippen LogP contribution is -2.80. The Labute approximate surface area is 189 Å². The van der Waals surface area contributed by atoms with Crippen LogP contribution >= 0.6 is 0 Å². The monoisotopic (exact) mass is 422 g/mol. The minimum absolute atomic E-state index is 0.697. The van der Waals surface area contributed by atoms with Crippen molar-refractivity contribution >= 4 is 0 Å². The summed E-state index contributed by atoms with van der Waals surface area (Å²) >= 11 is 0. The SMILES string of the molecule is C=CCCCCOCc1ccc(C[NH2+]Cc2ccc(COCCCCC=C)cc2)cc1. The zero-order valence-corrected chi connectivity index (χ0v) is 19.1. The smallest absolute Gasteiger partial charge is 0.101 e. The van der Waals surface area contributed by atoms with Crippen molar-refractivity contribution in [3.05, 3.63) is 96.1 Å². The van der Waals surface area contributed by atoms with E-state index in [0.717, 1.165) is 64.8 Å². The fraction of sp³-hybridized carbons (Fsp3) is 0.429. The van der Waals surface area contributed by atoms with Gasteiger partial charge in [-0.3, -0.25) is 0 Å². The van der Waals surface area contributed by atoms with Crippen LogP contribution in [0.5, 0.6) is 0 Å². The number of unbranched alkanes of at least 4 members (excludes halogenated alkanes) is 4. The van der Waals surface area contributed by atoms with Crippen LogP contribution in [0.25, 0.3) is 0 Å². The van der Waals surface area contributed by atoms with Gasteiger partial charge in [-0.15, -0.1) is 13.2 Å². The fourth-order valence-electron chi connectivity index (χ4n) is 3.31. The third-order valence-electron chi connectivity index (χ3n) is 5.24. The second-order valence-corrected chi connectivity index (χ2v) is 8.00. The first-order chi connectivity index (χ1) is 15.3. The molecule has 3 heteroatoms. The second-order valence-electron chi connectivity index (χ2n) is 8.00. The lowest BCUT2D eigenvalue weighted by atomic mass is 10.1. The minimum Gasteiger partial charge on any atom is -0.377 e. The molecule has 0 saturated carbocycles. The summed E-state index contributed by atoms with van der Waals surface area (Å²) in [6.45, 7) is 12.5. The van der Waals surface area contributed by atoms with E-state index < -0.39 is 0 Å².